The molecule has 1 aromatic carbocycles. The molecule has 2 atom stereocenters. The first-order chi connectivity index (χ1) is 20.7. The zero-order chi connectivity index (χ0) is 32.0. The average Bonchev–Trinajstić information content (AvgIpc) is 3.38. The van der Waals surface area contributed by atoms with Gasteiger partial charge in [0.15, 0.2) is 17.3 Å². The van der Waals surface area contributed by atoms with Gasteiger partial charge < -0.3 is 18.9 Å². The van der Waals surface area contributed by atoms with E-state index in [1.165, 1.54) is 23.9 Å². The summed E-state index contributed by atoms with van der Waals surface area (Å²) < 4.78 is 43.9. The van der Waals surface area contributed by atoms with Crippen LogP contribution in [-0.4, -0.2) is 75.2 Å². The lowest BCUT2D eigenvalue weighted by Gasteiger charge is -2.33. The van der Waals surface area contributed by atoms with E-state index < -0.39 is 22.4 Å². The van der Waals surface area contributed by atoms with Crippen molar-refractivity contribution in [2.75, 3.05) is 50.2 Å². The summed E-state index contributed by atoms with van der Waals surface area (Å²) in [7, 11) is 1.63. The first-order valence-corrected chi connectivity index (χ1v) is 16.9. The number of benzene rings is 1. The van der Waals surface area contributed by atoms with Crippen molar-refractivity contribution in [2.45, 2.75) is 59.5 Å². The van der Waals surface area contributed by atoms with E-state index in [1.54, 1.807) is 27.1 Å². The second kappa shape index (κ2) is 15.3. The Labute approximate surface area is 265 Å². The van der Waals surface area contributed by atoms with Crippen molar-refractivity contribution in [3.05, 3.63) is 44.6 Å². The third-order valence-corrected chi connectivity index (χ3v) is 9.00. The van der Waals surface area contributed by atoms with Gasteiger partial charge in [0.2, 0.25) is 0 Å². The molecule has 2 aliphatic heterocycles. The lowest BCUT2D eigenvalue weighted by atomic mass is 10.2. The maximum Gasteiger partial charge on any atom is 0.280 e. The molecule has 2 bridgehead atoms. The van der Waals surface area contributed by atoms with Gasteiger partial charge in [-0.05, 0) is 45.4 Å². The Balaban J connectivity index is 0.00000121. The van der Waals surface area contributed by atoms with Gasteiger partial charge in [0, 0.05) is 43.6 Å². The number of anilines is 1. The summed E-state index contributed by atoms with van der Waals surface area (Å²) in [4.78, 5) is 29.2. The van der Waals surface area contributed by atoms with E-state index in [1.807, 2.05) is 27.7 Å². The second-order valence-corrected chi connectivity index (χ2v) is 11.8. The van der Waals surface area contributed by atoms with E-state index in [0.29, 0.717) is 49.4 Å². The van der Waals surface area contributed by atoms with E-state index in [-0.39, 0.29) is 51.9 Å². The van der Waals surface area contributed by atoms with E-state index in [2.05, 4.69) is 17.7 Å². The number of nitrogens with zero attached hydrogens (tertiary/aromatic N) is 5. The number of hydrogen-bond acceptors (Lipinski definition) is 7. The lowest BCUT2D eigenvalue weighted by molar-refractivity contribution is 0.0685. The summed E-state index contributed by atoms with van der Waals surface area (Å²) in [6.07, 6.45) is 3.82. The molecule has 0 fully saturated rings. The summed E-state index contributed by atoms with van der Waals surface area (Å²) in [6.45, 7) is 9.04. The van der Waals surface area contributed by atoms with Crippen LogP contribution in [0.25, 0.3) is 10.9 Å². The number of likely N-dealkylation sites (N-methyl/N-ethyl adjacent to an activating group) is 1. The Morgan fingerprint density at radius 2 is 1.91 bits per heavy atom. The largest absolute Gasteiger partial charge is 0.493 e. The molecule has 5 rings (SSSR count). The molecule has 2 unspecified atom stereocenters. The third kappa shape index (κ3) is 6.68. The highest BCUT2D eigenvalue weighted by atomic mass is 35.5. The Bertz CT molecular complexity index is 1550. The van der Waals surface area contributed by atoms with E-state index >= 15 is 0 Å². The molecule has 2 aliphatic rings. The minimum atomic E-state index is -1.46. The number of fused-ring (bicyclic) bond motifs is 7. The standard InChI is InChI=1S/C26H31ClFN5O5S.C2H6.CH4S/c1-5-31-13-15(2)33-21-20(23(37-4)22(33)26(31)35)25(34)32-14-16-11-17(27)18(28)12-19(16)38-9-7-6-8-10-39(36)30(3)24(21)29-32;2*1-2/h11-12,15H,5-10,13-14H2,1-4H3;1-2H3;2H,1H3. The van der Waals surface area contributed by atoms with Crippen LogP contribution < -0.4 is 19.3 Å². The summed E-state index contributed by atoms with van der Waals surface area (Å²) in [5, 5.41) is 4.73. The van der Waals surface area contributed by atoms with Gasteiger partial charge in [0.25, 0.3) is 11.5 Å². The Morgan fingerprint density at radius 1 is 1.21 bits per heavy atom. The molecule has 0 spiro atoms. The van der Waals surface area contributed by atoms with Crippen molar-refractivity contribution in [2.24, 2.45) is 0 Å². The first-order valence-electron chi connectivity index (χ1n) is 14.4. The van der Waals surface area contributed by atoms with Crippen LogP contribution >= 0.6 is 24.2 Å². The summed E-state index contributed by atoms with van der Waals surface area (Å²) in [5.74, 6) is 0.199. The van der Waals surface area contributed by atoms with Crippen LogP contribution in [0.5, 0.6) is 11.5 Å². The highest BCUT2D eigenvalue weighted by molar-refractivity contribution is 7.86. The number of carbonyl (C=O) groups is 1. The monoisotopic (exact) mass is 657 g/mol. The zero-order valence-corrected chi connectivity index (χ0v) is 28.2. The number of aromatic nitrogens is 3. The molecular weight excluding hydrogens is 617 g/mol. The van der Waals surface area contributed by atoms with Crippen LogP contribution in [0.2, 0.25) is 5.02 Å². The van der Waals surface area contributed by atoms with Gasteiger partial charge in [-0.25, -0.2) is 13.3 Å². The molecule has 3 aromatic rings. The van der Waals surface area contributed by atoms with Crippen molar-refractivity contribution in [3.63, 3.8) is 0 Å². The Kier molecular flexibility index (Phi) is 12.3. The summed E-state index contributed by atoms with van der Waals surface area (Å²) in [5.41, 5.74) is 0.619. The fourth-order valence-corrected chi connectivity index (χ4v) is 6.52. The zero-order valence-electron chi connectivity index (χ0n) is 25.8. The molecule has 0 aliphatic carbocycles. The normalized spacial score (nSPS) is 18.7. The van der Waals surface area contributed by atoms with Crippen LogP contribution in [-0.2, 0) is 17.5 Å². The van der Waals surface area contributed by atoms with Gasteiger partial charge in [-0.1, -0.05) is 25.4 Å². The highest BCUT2D eigenvalue weighted by Gasteiger charge is 2.38. The van der Waals surface area contributed by atoms with Gasteiger partial charge in [0.05, 0.1) is 25.3 Å². The lowest BCUT2D eigenvalue weighted by Crippen LogP contribution is -2.42. The predicted molar refractivity (Wildman–Crippen MR) is 174 cm³/mol. The number of methoxy groups -OCH3 is 1. The van der Waals surface area contributed by atoms with Crippen molar-refractivity contribution >= 4 is 57.8 Å². The fourth-order valence-electron chi connectivity index (χ4n) is 5.30. The smallest absolute Gasteiger partial charge is 0.280 e. The number of halogens is 2. The number of ether oxygens (including phenoxy) is 2. The molecule has 0 saturated heterocycles. The van der Waals surface area contributed by atoms with Crippen LogP contribution in [0.15, 0.2) is 16.9 Å². The summed E-state index contributed by atoms with van der Waals surface area (Å²) in [6, 6.07) is 2.44. The molecule has 0 radical (unpaired) electrons. The topological polar surface area (TPSA) is 98.9 Å². The average molecular weight is 658 g/mol. The van der Waals surface area contributed by atoms with E-state index in [9.17, 15) is 18.2 Å². The fraction of sp³-hybridized carbons (Fsp3) is 0.552. The summed E-state index contributed by atoms with van der Waals surface area (Å²) >= 11 is 9.63. The molecule has 238 valence electrons. The molecule has 1 amide bonds. The van der Waals surface area contributed by atoms with Crippen molar-refractivity contribution in [3.8, 4) is 11.5 Å². The SMILES string of the molecule is CC.CCN1CC(C)n2c(c(OC)c3c(=O)n4nc(c32)N(C)S(=O)CCCCCOc2cc(F)c(Cl)cc2C4)C1=O.CS. The number of hydrogen-bond donors (Lipinski definition) is 1. The van der Waals surface area contributed by atoms with Gasteiger partial charge in [-0.2, -0.15) is 12.6 Å². The third-order valence-electron chi connectivity index (χ3n) is 7.29. The quantitative estimate of drug-likeness (QED) is 0.375. The van der Waals surface area contributed by atoms with Crippen LogP contribution in [0.3, 0.4) is 0 Å². The predicted octanol–water partition coefficient (Wildman–Crippen LogP) is 5.32. The van der Waals surface area contributed by atoms with Crippen molar-refractivity contribution in [1.82, 2.24) is 19.2 Å². The minimum Gasteiger partial charge on any atom is -0.493 e. The van der Waals surface area contributed by atoms with Crippen molar-refractivity contribution < 1.29 is 22.9 Å². The van der Waals surface area contributed by atoms with Crippen LogP contribution in [0, 0.1) is 5.82 Å². The molecule has 4 heterocycles. The van der Waals surface area contributed by atoms with Crippen LogP contribution in [0.1, 0.15) is 69.1 Å². The maximum atomic E-state index is 14.4. The van der Waals surface area contributed by atoms with Crippen molar-refractivity contribution in [1.29, 1.82) is 0 Å². The molecule has 43 heavy (non-hydrogen) atoms. The highest BCUT2D eigenvalue weighted by Crippen LogP contribution is 2.41. The van der Waals surface area contributed by atoms with E-state index in [4.69, 9.17) is 21.1 Å². The first kappa shape index (κ1) is 34.7. The minimum absolute atomic E-state index is 0.0914. The van der Waals surface area contributed by atoms with Gasteiger partial charge in [-0.3, -0.25) is 13.9 Å². The molecule has 2 aromatic heterocycles. The van der Waals surface area contributed by atoms with Gasteiger partial charge in [0.1, 0.15) is 33.5 Å². The number of carbonyl (C=O) groups excluding carboxylic acids is 1. The maximum absolute atomic E-state index is 14.4. The second-order valence-electron chi connectivity index (χ2n) is 9.76. The molecule has 0 N–H and O–H groups in total. The van der Waals surface area contributed by atoms with Gasteiger partial charge in [-0.15, -0.1) is 5.10 Å². The Hall–Kier alpha value is -2.77. The number of amides is 1. The van der Waals surface area contributed by atoms with Gasteiger partial charge >= 0.3 is 0 Å². The molecule has 0 saturated carbocycles. The molecule has 10 nitrogen and oxygen atoms in total. The number of thiol groups is 1. The van der Waals surface area contributed by atoms with E-state index in [0.717, 1.165) is 6.42 Å². The number of rotatable bonds is 2. The Morgan fingerprint density at radius 3 is 2.56 bits per heavy atom. The molecule has 14 heteroatoms. The van der Waals surface area contributed by atoms with Crippen LogP contribution in [0.4, 0.5) is 10.2 Å². The molecular formula is C29H41ClFN5O5S2.